The number of fused-ring (bicyclic) bond motifs is 4. The van der Waals surface area contributed by atoms with E-state index in [4.69, 9.17) is 15.1 Å². The van der Waals surface area contributed by atoms with Gasteiger partial charge in [0.25, 0.3) is 0 Å². The number of hydrogen-bond donors (Lipinski definition) is 2. The zero-order valence-corrected chi connectivity index (χ0v) is 21.6. The van der Waals surface area contributed by atoms with E-state index in [-0.39, 0.29) is 11.8 Å². The molecule has 0 unspecified atom stereocenters. The number of amidine groups is 2. The van der Waals surface area contributed by atoms with Crippen molar-refractivity contribution in [3.05, 3.63) is 126 Å². The van der Waals surface area contributed by atoms with Gasteiger partial charge in [-0.05, 0) is 67.9 Å². The van der Waals surface area contributed by atoms with Gasteiger partial charge in [0.2, 0.25) is 0 Å². The summed E-state index contributed by atoms with van der Waals surface area (Å²) in [6, 6.07) is 33.5. The van der Waals surface area contributed by atoms with Crippen LogP contribution in [0.5, 0.6) is 5.75 Å². The summed E-state index contributed by atoms with van der Waals surface area (Å²) in [5.41, 5.74) is 7.61. The van der Waals surface area contributed by atoms with E-state index in [1.165, 1.54) is 5.56 Å². The number of phenols is 1. The second kappa shape index (κ2) is 8.99. The summed E-state index contributed by atoms with van der Waals surface area (Å²) in [5.74, 6) is 2.29. The van der Waals surface area contributed by atoms with Crippen LogP contribution in [-0.2, 0) is 0 Å². The summed E-state index contributed by atoms with van der Waals surface area (Å²) in [4.78, 5) is 12.5. The number of para-hydroxylation sites is 3. The topological polar surface area (TPSA) is 78.0 Å². The van der Waals surface area contributed by atoms with Gasteiger partial charge in [0, 0.05) is 11.3 Å². The van der Waals surface area contributed by atoms with E-state index >= 15 is 0 Å². The predicted octanol–water partition coefficient (Wildman–Crippen LogP) is 6.99. The van der Waals surface area contributed by atoms with Crippen LogP contribution in [0.3, 0.4) is 0 Å². The van der Waals surface area contributed by atoms with E-state index in [2.05, 4.69) is 35.3 Å². The first-order chi connectivity index (χ1) is 19.1. The molecule has 39 heavy (non-hydrogen) atoms. The summed E-state index contributed by atoms with van der Waals surface area (Å²) in [5, 5.41) is 19.0. The van der Waals surface area contributed by atoms with Crippen molar-refractivity contribution in [2.45, 2.75) is 19.9 Å². The number of aryl methyl sites for hydroxylation is 2. The van der Waals surface area contributed by atoms with Gasteiger partial charge in [0.1, 0.15) is 5.75 Å². The minimum absolute atomic E-state index is 0.211. The lowest BCUT2D eigenvalue weighted by Gasteiger charge is -2.40. The maximum absolute atomic E-state index is 10.5. The average molecular weight is 511 g/mol. The van der Waals surface area contributed by atoms with Crippen LogP contribution < -0.4 is 10.2 Å². The molecule has 0 radical (unpaired) electrons. The average Bonchev–Trinajstić information content (AvgIpc) is 3.29. The van der Waals surface area contributed by atoms with Gasteiger partial charge in [-0.15, -0.1) is 0 Å². The maximum Gasteiger partial charge on any atom is 0.179 e. The van der Waals surface area contributed by atoms with Crippen molar-refractivity contribution in [1.82, 2.24) is 9.78 Å². The molecule has 1 atom stereocenters. The van der Waals surface area contributed by atoms with Crippen LogP contribution in [0, 0.1) is 13.8 Å². The Bertz CT molecular complexity index is 1770. The van der Waals surface area contributed by atoms with Crippen LogP contribution in [0.1, 0.15) is 28.4 Å². The number of hydrogen-bond acceptors (Lipinski definition) is 6. The van der Waals surface area contributed by atoms with Crippen molar-refractivity contribution >= 4 is 34.6 Å². The lowest BCUT2D eigenvalue weighted by Crippen LogP contribution is -2.46. The molecule has 0 bridgehead atoms. The number of phenolic OH excluding ortho intramolecular Hbond substituents is 1. The molecule has 2 aliphatic rings. The smallest absolute Gasteiger partial charge is 0.179 e. The quantitative estimate of drug-likeness (QED) is 0.274. The fourth-order valence-corrected chi connectivity index (χ4v) is 5.33. The number of aromatic hydroxyl groups is 1. The minimum atomic E-state index is -0.288. The monoisotopic (exact) mass is 510 g/mol. The molecular formula is C32H26N6O. The lowest BCUT2D eigenvalue weighted by atomic mass is 9.93. The summed E-state index contributed by atoms with van der Waals surface area (Å²) >= 11 is 0. The molecule has 0 fully saturated rings. The number of nitrogens with one attached hydrogen (secondary N) is 1. The zero-order valence-electron chi connectivity index (χ0n) is 21.6. The van der Waals surface area contributed by atoms with E-state index in [0.29, 0.717) is 11.7 Å². The predicted molar refractivity (Wildman–Crippen MR) is 156 cm³/mol. The number of anilines is 2. The highest BCUT2D eigenvalue weighted by molar-refractivity contribution is 6.51. The van der Waals surface area contributed by atoms with Gasteiger partial charge < -0.3 is 15.3 Å². The number of aliphatic imine (C=N–C) groups is 2. The maximum atomic E-state index is 10.5. The number of rotatable bonds is 3. The van der Waals surface area contributed by atoms with E-state index in [1.54, 1.807) is 6.07 Å². The normalized spacial score (nSPS) is 15.5. The fourth-order valence-electron chi connectivity index (χ4n) is 5.33. The molecule has 0 saturated heterocycles. The summed E-state index contributed by atoms with van der Waals surface area (Å²) in [6.45, 7) is 4.09. The van der Waals surface area contributed by atoms with E-state index < -0.39 is 0 Å². The van der Waals surface area contributed by atoms with E-state index in [1.807, 2.05) is 90.5 Å². The van der Waals surface area contributed by atoms with Gasteiger partial charge >= 0.3 is 0 Å². The molecule has 0 spiro atoms. The van der Waals surface area contributed by atoms with E-state index in [0.717, 1.165) is 45.4 Å². The number of aromatic nitrogens is 2. The SMILES string of the molecule is Cc1ccc(NC2=Nc3ccccc3N3C2=Nc2c(c(C)nn2-c2ccccc2)[C@H]3c2cccc(O)c2)cc1. The van der Waals surface area contributed by atoms with E-state index in [9.17, 15) is 5.11 Å². The molecule has 1 aromatic heterocycles. The molecule has 7 rings (SSSR count). The Hall–Kier alpha value is -5.17. The van der Waals surface area contributed by atoms with Gasteiger partial charge in [-0.2, -0.15) is 5.10 Å². The Labute approximate surface area is 226 Å². The minimum Gasteiger partial charge on any atom is -0.508 e. The molecule has 7 nitrogen and oxygen atoms in total. The highest BCUT2D eigenvalue weighted by Crippen LogP contribution is 2.48. The molecule has 2 N–H and O–H groups in total. The summed E-state index contributed by atoms with van der Waals surface area (Å²) in [6.07, 6.45) is 0. The highest BCUT2D eigenvalue weighted by Gasteiger charge is 2.41. The van der Waals surface area contributed by atoms with Crippen molar-refractivity contribution < 1.29 is 5.11 Å². The van der Waals surface area contributed by atoms with Crippen LogP contribution >= 0.6 is 0 Å². The third-order valence-electron chi connectivity index (χ3n) is 7.14. The highest BCUT2D eigenvalue weighted by atomic mass is 16.3. The number of nitrogens with zero attached hydrogens (tertiary/aromatic N) is 5. The van der Waals surface area contributed by atoms with Crippen molar-refractivity contribution in [3.8, 4) is 11.4 Å². The van der Waals surface area contributed by atoms with Crippen LogP contribution in [0.25, 0.3) is 5.69 Å². The molecule has 7 heteroatoms. The second-order valence-electron chi connectivity index (χ2n) is 9.81. The van der Waals surface area contributed by atoms with Gasteiger partial charge in [-0.1, -0.05) is 60.2 Å². The first-order valence-corrected chi connectivity index (χ1v) is 12.9. The van der Waals surface area contributed by atoms with Gasteiger partial charge in [0.15, 0.2) is 17.5 Å². The molecule has 0 aliphatic carbocycles. The van der Waals surface area contributed by atoms with Crippen LogP contribution in [0.2, 0.25) is 0 Å². The van der Waals surface area contributed by atoms with Crippen LogP contribution in [0.15, 0.2) is 113 Å². The molecule has 4 aromatic carbocycles. The molecule has 3 heterocycles. The molecule has 5 aromatic rings. The van der Waals surface area contributed by atoms with Crippen LogP contribution in [0.4, 0.5) is 22.9 Å². The molecular weight excluding hydrogens is 484 g/mol. The summed E-state index contributed by atoms with van der Waals surface area (Å²) in [7, 11) is 0. The Morgan fingerprint density at radius 3 is 2.36 bits per heavy atom. The van der Waals surface area contributed by atoms with Crippen molar-refractivity contribution in [2.24, 2.45) is 9.98 Å². The number of benzene rings is 4. The first-order valence-electron chi connectivity index (χ1n) is 12.9. The van der Waals surface area contributed by atoms with Crippen molar-refractivity contribution in [2.75, 3.05) is 10.2 Å². The first kappa shape index (κ1) is 23.0. The Morgan fingerprint density at radius 1 is 0.795 bits per heavy atom. The second-order valence-corrected chi connectivity index (χ2v) is 9.81. The largest absolute Gasteiger partial charge is 0.508 e. The van der Waals surface area contributed by atoms with Crippen molar-refractivity contribution in [3.63, 3.8) is 0 Å². The van der Waals surface area contributed by atoms with Gasteiger partial charge in [-0.3, -0.25) is 0 Å². The van der Waals surface area contributed by atoms with Crippen molar-refractivity contribution in [1.29, 1.82) is 0 Å². The van der Waals surface area contributed by atoms with Crippen LogP contribution in [-0.4, -0.2) is 26.6 Å². The molecule has 0 saturated carbocycles. The standard InChI is InChI=1S/C32H26N6O/c1-20-15-17-23(18-16-20)33-30-32-35-31-28(21(2)36-38(31)24-10-4-3-5-11-24)29(22-9-8-12-25(39)19-22)37(32)27-14-7-6-13-26(27)34-30/h3-19,29,39H,1-2H3,(H,33,34)/t29-/m1/s1. The van der Waals surface area contributed by atoms with Gasteiger partial charge in [0.05, 0.1) is 28.8 Å². The van der Waals surface area contributed by atoms with Gasteiger partial charge in [-0.25, -0.2) is 14.7 Å². The molecule has 2 aliphatic heterocycles. The molecule has 0 amide bonds. The molecule has 190 valence electrons. The Morgan fingerprint density at radius 2 is 1.56 bits per heavy atom. The Kier molecular flexibility index (Phi) is 5.30. The third kappa shape index (κ3) is 3.87. The summed E-state index contributed by atoms with van der Waals surface area (Å²) < 4.78 is 1.90. The zero-order chi connectivity index (χ0) is 26.5. The lowest BCUT2D eigenvalue weighted by molar-refractivity contribution is 0.474. The Balaban J connectivity index is 1.50. The third-order valence-corrected chi connectivity index (χ3v) is 7.14. The fraction of sp³-hybridized carbons (Fsp3) is 0.0938.